The molecule has 0 saturated carbocycles. The largest absolute Gasteiger partial charge is 0.329 e. The zero-order valence-corrected chi connectivity index (χ0v) is 18.3. The van der Waals surface area contributed by atoms with E-state index in [-0.39, 0.29) is 30.7 Å². The number of nitroso groups, excluding NO2 is 1. The molecule has 2 aliphatic heterocycles. The quantitative estimate of drug-likeness (QED) is 0.503. The van der Waals surface area contributed by atoms with Crippen LogP contribution in [0, 0.1) is 16.2 Å². The lowest BCUT2D eigenvalue weighted by Gasteiger charge is -2.22. The number of rotatable bonds is 8. The standard InChI is InChI=1S/C16H24N4O2.C6H8N2O/c1-3-15-11-19(9-12(2)17)16(21)20(15)10-14-6-4-13(5-7-14)8-18-22;7-4-6-2-1-3-8(6)5-9/h4-7,12,15H,3,8-11,17H2,1-2H3;5-6H,1-3H2. The van der Waals surface area contributed by atoms with E-state index in [1.165, 1.54) is 0 Å². The molecule has 3 amide bonds. The molecule has 3 rings (SSSR count). The molecule has 2 fully saturated rings. The van der Waals surface area contributed by atoms with Gasteiger partial charge in [0.15, 0.2) is 0 Å². The van der Waals surface area contributed by atoms with Gasteiger partial charge in [0.25, 0.3) is 0 Å². The molecule has 0 aliphatic carbocycles. The van der Waals surface area contributed by atoms with Crippen LogP contribution in [-0.4, -0.2) is 64.9 Å². The molecule has 2 heterocycles. The molecule has 2 aliphatic rings. The maximum Gasteiger partial charge on any atom is 0.320 e. The summed E-state index contributed by atoms with van der Waals surface area (Å²) in [5.74, 6) is 0. The second-order valence-electron chi connectivity index (χ2n) is 8.09. The summed E-state index contributed by atoms with van der Waals surface area (Å²) in [6.07, 6.45) is 3.49. The van der Waals surface area contributed by atoms with Crippen molar-refractivity contribution in [2.75, 3.05) is 19.6 Å². The van der Waals surface area contributed by atoms with Gasteiger partial charge in [-0.3, -0.25) is 4.79 Å². The fraction of sp³-hybridized carbons (Fsp3) is 0.591. The number of nitrogens with two attached hydrogens (primary N) is 1. The Morgan fingerprint density at radius 1 is 1.32 bits per heavy atom. The molecule has 1 aromatic carbocycles. The van der Waals surface area contributed by atoms with Crippen molar-refractivity contribution in [3.05, 3.63) is 40.3 Å². The Bertz CT molecular complexity index is 776. The monoisotopic (exact) mass is 428 g/mol. The minimum atomic E-state index is -0.150. The predicted octanol–water partition coefficient (Wildman–Crippen LogP) is 2.45. The van der Waals surface area contributed by atoms with Crippen molar-refractivity contribution in [3.8, 4) is 6.07 Å². The van der Waals surface area contributed by atoms with Crippen molar-refractivity contribution >= 4 is 12.4 Å². The van der Waals surface area contributed by atoms with Crippen LogP contribution in [0.1, 0.15) is 44.2 Å². The first-order valence-electron chi connectivity index (χ1n) is 10.7. The van der Waals surface area contributed by atoms with Gasteiger partial charge < -0.3 is 20.4 Å². The third-order valence-corrected chi connectivity index (χ3v) is 5.57. The van der Waals surface area contributed by atoms with Gasteiger partial charge in [-0.15, -0.1) is 0 Å². The fourth-order valence-corrected chi connectivity index (χ4v) is 3.89. The molecular formula is C22H32N6O3. The number of amides is 3. The molecule has 2 saturated heterocycles. The summed E-state index contributed by atoms with van der Waals surface area (Å²) in [4.78, 5) is 38.2. The van der Waals surface area contributed by atoms with E-state index in [4.69, 9.17) is 11.0 Å². The maximum absolute atomic E-state index is 12.5. The normalized spacial score (nSPS) is 21.4. The molecule has 9 nitrogen and oxygen atoms in total. The number of carbonyl (C=O) groups is 2. The fourth-order valence-electron chi connectivity index (χ4n) is 3.89. The first-order valence-corrected chi connectivity index (χ1v) is 10.7. The van der Waals surface area contributed by atoms with E-state index < -0.39 is 0 Å². The number of hydrogen-bond acceptors (Lipinski definition) is 6. The Morgan fingerprint density at radius 3 is 2.52 bits per heavy atom. The van der Waals surface area contributed by atoms with E-state index >= 15 is 0 Å². The number of urea groups is 1. The average Bonchev–Trinajstić information content (AvgIpc) is 3.34. The molecule has 1 aromatic rings. The number of carbonyl (C=O) groups excluding carboxylic acids is 2. The molecule has 168 valence electrons. The van der Waals surface area contributed by atoms with Crippen molar-refractivity contribution in [1.29, 1.82) is 5.26 Å². The predicted molar refractivity (Wildman–Crippen MR) is 118 cm³/mol. The number of hydrogen-bond donors (Lipinski definition) is 1. The number of benzene rings is 1. The van der Waals surface area contributed by atoms with Gasteiger partial charge in [-0.2, -0.15) is 10.2 Å². The third kappa shape index (κ3) is 6.76. The van der Waals surface area contributed by atoms with Gasteiger partial charge in [0, 0.05) is 32.2 Å². The SMILES string of the molecule is CCC1CN(CC(C)N)C(=O)N1Cc1ccc(CN=O)cc1.N#CC1CCCN1C=O. The lowest BCUT2D eigenvalue weighted by molar-refractivity contribution is -0.118. The molecule has 0 bridgehead atoms. The van der Waals surface area contributed by atoms with Crippen molar-refractivity contribution < 1.29 is 9.59 Å². The zero-order valence-electron chi connectivity index (χ0n) is 18.3. The first-order chi connectivity index (χ1) is 14.9. The smallest absolute Gasteiger partial charge is 0.320 e. The Balaban J connectivity index is 0.000000316. The zero-order chi connectivity index (χ0) is 22.8. The van der Waals surface area contributed by atoms with Crippen LogP contribution in [-0.2, 0) is 17.9 Å². The second kappa shape index (κ2) is 12.0. The van der Waals surface area contributed by atoms with Crippen LogP contribution in [0.3, 0.4) is 0 Å². The van der Waals surface area contributed by atoms with Crippen molar-refractivity contribution in [3.63, 3.8) is 0 Å². The Kier molecular flexibility index (Phi) is 9.40. The first kappa shape index (κ1) is 24.3. The van der Waals surface area contributed by atoms with E-state index in [1.54, 1.807) is 4.90 Å². The van der Waals surface area contributed by atoms with E-state index in [0.717, 1.165) is 49.9 Å². The van der Waals surface area contributed by atoms with Crippen molar-refractivity contribution in [1.82, 2.24) is 14.7 Å². The lowest BCUT2D eigenvalue weighted by atomic mass is 10.1. The summed E-state index contributed by atoms with van der Waals surface area (Å²) in [5, 5.41) is 11.3. The van der Waals surface area contributed by atoms with Gasteiger partial charge >= 0.3 is 6.03 Å². The number of nitriles is 1. The summed E-state index contributed by atoms with van der Waals surface area (Å²) in [6, 6.07) is 9.85. The summed E-state index contributed by atoms with van der Waals surface area (Å²) in [5.41, 5.74) is 7.76. The Morgan fingerprint density at radius 2 is 2.00 bits per heavy atom. The van der Waals surface area contributed by atoms with Gasteiger partial charge in [-0.25, -0.2) is 4.79 Å². The molecule has 9 heteroatoms. The summed E-state index contributed by atoms with van der Waals surface area (Å²) >= 11 is 0. The highest BCUT2D eigenvalue weighted by Gasteiger charge is 2.36. The molecule has 2 N–H and O–H groups in total. The van der Waals surface area contributed by atoms with E-state index in [0.29, 0.717) is 13.1 Å². The van der Waals surface area contributed by atoms with E-state index in [1.807, 2.05) is 41.0 Å². The van der Waals surface area contributed by atoms with Crippen molar-refractivity contribution in [2.24, 2.45) is 10.9 Å². The van der Waals surface area contributed by atoms with Gasteiger partial charge in [0.1, 0.15) is 12.6 Å². The Hall–Kier alpha value is -2.99. The van der Waals surface area contributed by atoms with Crippen LogP contribution in [0.15, 0.2) is 29.4 Å². The minimum Gasteiger partial charge on any atom is -0.329 e. The third-order valence-electron chi connectivity index (χ3n) is 5.57. The topological polar surface area (TPSA) is 123 Å². The van der Waals surface area contributed by atoms with Gasteiger partial charge in [0.05, 0.1) is 12.1 Å². The number of likely N-dealkylation sites (tertiary alicyclic amines) is 1. The highest BCUT2D eigenvalue weighted by atomic mass is 16.3. The van der Waals surface area contributed by atoms with Crippen molar-refractivity contribution in [2.45, 2.75) is 64.3 Å². The van der Waals surface area contributed by atoms with Crippen LogP contribution in [0.4, 0.5) is 4.79 Å². The van der Waals surface area contributed by atoms with E-state index in [9.17, 15) is 14.5 Å². The summed E-state index contributed by atoms with van der Waals surface area (Å²) in [7, 11) is 0. The number of nitrogens with zero attached hydrogens (tertiary/aromatic N) is 5. The highest BCUT2D eigenvalue weighted by molar-refractivity contribution is 5.77. The lowest BCUT2D eigenvalue weighted by Crippen LogP contribution is -2.38. The summed E-state index contributed by atoms with van der Waals surface area (Å²) in [6.45, 7) is 6.86. The van der Waals surface area contributed by atoms with Gasteiger partial charge in [0.2, 0.25) is 6.41 Å². The van der Waals surface area contributed by atoms with E-state index in [2.05, 4.69) is 18.2 Å². The highest BCUT2D eigenvalue weighted by Crippen LogP contribution is 2.22. The minimum absolute atomic E-state index is 0.0171. The molecular weight excluding hydrogens is 396 g/mol. The van der Waals surface area contributed by atoms with Gasteiger partial charge in [-0.1, -0.05) is 36.4 Å². The maximum atomic E-state index is 12.5. The molecule has 0 radical (unpaired) electrons. The molecule has 0 aromatic heterocycles. The Labute approximate surface area is 183 Å². The van der Waals surface area contributed by atoms with Crippen LogP contribution < -0.4 is 5.73 Å². The van der Waals surface area contributed by atoms with Crippen LogP contribution in [0.5, 0.6) is 0 Å². The molecule has 3 atom stereocenters. The summed E-state index contributed by atoms with van der Waals surface area (Å²) < 4.78 is 0. The van der Waals surface area contributed by atoms with Gasteiger partial charge in [-0.05, 0) is 37.3 Å². The molecule has 31 heavy (non-hydrogen) atoms. The molecule has 3 unspecified atom stereocenters. The van der Waals surface area contributed by atoms with Crippen LogP contribution in [0.25, 0.3) is 0 Å². The average molecular weight is 429 g/mol. The molecule has 0 spiro atoms. The second-order valence-corrected chi connectivity index (χ2v) is 8.09. The van der Waals surface area contributed by atoms with Crippen LogP contribution >= 0.6 is 0 Å². The van der Waals surface area contributed by atoms with Crippen LogP contribution in [0.2, 0.25) is 0 Å².